The average molecular weight is 359 g/mol. The number of H-pyrrole nitrogens is 1. The van der Waals surface area contributed by atoms with E-state index in [1.165, 1.54) is 0 Å². The van der Waals surface area contributed by atoms with E-state index in [9.17, 15) is 9.59 Å². The van der Waals surface area contributed by atoms with Crippen molar-refractivity contribution in [1.29, 1.82) is 0 Å². The molecule has 1 fully saturated rings. The number of thiocarbonyl (C=S) groups is 1. The fourth-order valence-corrected chi connectivity index (χ4v) is 3.22. The van der Waals surface area contributed by atoms with Gasteiger partial charge >= 0.3 is 0 Å². The number of benzene rings is 1. The van der Waals surface area contributed by atoms with Gasteiger partial charge in [0, 0.05) is 17.5 Å². The summed E-state index contributed by atoms with van der Waals surface area (Å²) in [5, 5.41) is 1.08. The highest BCUT2D eigenvalue weighted by atomic mass is 32.2. The van der Waals surface area contributed by atoms with Crippen molar-refractivity contribution in [2.75, 3.05) is 7.11 Å². The number of nitrogens with one attached hydrogen (secondary N) is 2. The third-order valence-corrected chi connectivity index (χ3v) is 4.57. The average Bonchev–Trinajstić information content (AvgIpc) is 3.19. The van der Waals surface area contributed by atoms with Crippen molar-refractivity contribution < 1.29 is 14.3 Å². The van der Waals surface area contributed by atoms with Gasteiger partial charge in [-0.05, 0) is 54.7 Å². The minimum absolute atomic E-state index is 0.277. The Balaban J connectivity index is 1.73. The maximum atomic E-state index is 12.4. The van der Waals surface area contributed by atoms with Gasteiger partial charge in [0.05, 0.1) is 12.0 Å². The molecule has 1 aromatic heterocycles. The normalized spacial score (nSPS) is 15.9. The zero-order valence-corrected chi connectivity index (χ0v) is 14.2. The molecule has 0 unspecified atom stereocenters. The molecule has 0 saturated carbocycles. The zero-order chi connectivity index (χ0) is 17.1. The van der Waals surface area contributed by atoms with Crippen LogP contribution in [0.3, 0.4) is 0 Å². The molecule has 0 radical (unpaired) electrons. The summed E-state index contributed by atoms with van der Waals surface area (Å²) in [6, 6.07) is 10.2. The molecule has 1 aliphatic rings. The van der Waals surface area contributed by atoms with Crippen LogP contribution in [0.1, 0.15) is 16.1 Å². The van der Waals surface area contributed by atoms with Crippen LogP contribution in [0.4, 0.5) is 0 Å². The molecule has 2 amide bonds. The highest BCUT2D eigenvalue weighted by Gasteiger charge is 2.33. The number of carbonyl (C=O) groups excluding carboxylic acids is 2. The number of hydrogen-bond donors (Lipinski definition) is 2. The molecule has 0 spiro atoms. The van der Waals surface area contributed by atoms with Gasteiger partial charge in [0.15, 0.2) is 4.32 Å². The number of hydrogen-bond acceptors (Lipinski definition) is 5. The number of aromatic nitrogens is 1. The summed E-state index contributed by atoms with van der Waals surface area (Å²) in [7, 11) is 1.55. The molecule has 0 bridgehead atoms. The second-order valence-corrected chi connectivity index (χ2v) is 6.49. The largest absolute Gasteiger partial charge is 0.497 e. The van der Waals surface area contributed by atoms with Crippen LogP contribution >= 0.6 is 24.0 Å². The van der Waals surface area contributed by atoms with Crippen molar-refractivity contribution in [3.05, 3.63) is 58.8 Å². The number of ether oxygens (including phenoxy) is 1. The summed E-state index contributed by atoms with van der Waals surface area (Å²) < 4.78 is 5.33. The molecule has 1 aliphatic heterocycles. The van der Waals surface area contributed by atoms with Gasteiger partial charge in [-0.15, -0.1) is 0 Å². The van der Waals surface area contributed by atoms with Gasteiger partial charge in [0.25, 0.3) is 11.8 Å². The Morgan fingerprint density at radius 2 is 2.08 bits per heavy atom. The number of amides is 2. The van der Waals surface area contributed by atoms with Crippen LogP contribution in [-0.4, -0.2) is 33.2 Å². The fourth-order valence-electron chi connectivity index (χ4n) is 2.05. The molecule has 2 heterocycles. The van der Waals surface area contributed by atoms with Gasteiger partial charge < -0.3 is 9.72 Å². The highest BCUT2D eigenvalue weighted by Crippen LogP contribution is 2.31. The molecule has 2 N–H and O–H groups in total. The quantitative estimate of drug-likeness (QED) is 0.648. The van der Waals surface area contributed by atoms with E-state index < -0.39 is 5.91 Å². The van der Waals surface area contributed by atoms with E-state index >= 15 is 0 Å². The Morgan fingerprint density at radius 3 is 2.71 bits per heavy atom. The predicted molar refractivity (Wildman–Crippen MR) is 96.3 cm³/mol. The summed E-state index contributed by atoms with van der Waals surface area (Å²) in [5.74, 6) is -0.136. The Morgan fingerprint density at radius 1 is 1.33 bits per heavy atom. The molecule has 1 saturated heterocycles. The van der Waals surface area contributed by atoms with Gasteiger partial charge in [0.1, 0.15) is 5.75 Å². The van der Waals surface area contributed by atoms with Gasteiger partial charge in [-0.1, -0.05) is 11.8 Å². The SMILES string of the molecule is COc1ccc(C(=O)NN2C(=O)/C(=C\c3ccc[nH]3)SC2=S)cc1. The molecule has 8 heteroatoms. The smallest absolute Gasteiger partial charge is 0.285 e. The predicted octanol–water partition coefficient (Wildman–Crippen LogP) is 2.57. The third-order valence-electron chi connectivity index (χ3n) is 3.27. The number of carbonyl (C=O) groups is 2. The maximum Gasteiger partial charge on any atom is 0.285 e. The molecule has 122 valence electrons. The first kappa shape index (κ1) is 16.3. The number of aromatic amines is 1. The molecule has 3 rings (SSSR count). The van der Waals surface area contributed by atoms with E-state index in [1.54, 1.807) is 43.6 Å². The Labute approximate surface area is 147 Å². The van der Waals surface area contributed by atoms with E-state index in [0.717, 1.165) is 22.5 Å². The second-order valence-electron chi connectivity index (χ2n) is 4.81. The van der Waals surface area contributed by atoms with Crippen LogP contribution in [0.25, 0.3) is 6.08 Å². The summed E-state index contributed by atoms with van der Waals surface area (Å²) in [6.07, 6.45) is 3.46. The van der Waals surface area contributed by atoms with Gasteiger partial charge in [-0.3, -0.25) is 15.0 Å². The number of methoxy groups -OCH3 is 1. The lowest BCUT2D eigenvalue weighted by Crippen LogP contribution is -2.44. The highest BCUT2D eigenvalue weighted by molar-refractivity contribution is 8.26. The standard InChI is InChI=1S/C16H13N3O3S2/c1-22-12-6-4-10(5-7-12)14(20)18-19-15(21)13(24-16(19)23)9-11-3-2-8-17-11/h2-9,17H,1H3,(H,18,20)/b13-9+. The van der Waals surface area contributed by atoms with Crippen LogP contribution in [-0.2, 0) is 4.79 Å². The van der Waals surface area contributed by atoms with Crippen molar-refractivity contribution in [2.24, 2.45) is 0 Å². The number of hydrazine groups is 1. The van der Waals surface area contributed by atoms with Crippen molar-refractivity contribution in [2.45, 2.75) is 0 Å². The van der Waals surface area contributed by atoms with Crippen LogP contribution in [0.5, 0.6) is 5.75 Å². The summed E-state index contributed by atoms with van der Waals surface area (Å²) in [5.41, 5.74) is 3.72. The molecule has 24 heavy (non-hydrogen) atoms. The van der Waals surface area contributed by atoms with E-state index in [0.29, 0.717) is 16.2 Å². The molecule has 6 nitrogen and oxygen atoms in total. The topological polar surface area (TPSA) is 74.4 Å². The van der Waals surface area contributed by atoms with Crippen LogP contribution < -0.4 is 10.2 Å². The minimum atomic E-state index is -0.421. The monoisotopic (exact) mass is 359 g/mol. The summed E-state index contributed by atoms with van der Waals surface area (Å²) >= 11 is 6.32. The van der Waals surface area contributed by atoms with Crippen molar-refractivity contribution in [3.63, 3.8) is 0 Å². The van der Waals surface area contributed by atoms with Crippen LogP contribution in [0.15, 0.2) is 47.5 Å². The Bertz CT molecular complexity index is 814. The number of thioether (sulfide) groups is 1. The van der Waals surface area contributed by atoms with Gasteiger partial charge in [0.2, 0.25) is 0 Å². The lowest BCUT2D eigenvalue weighted by molar-refractivity contribution is -0.123. The first-order valence-corrected chi connectivity index (χ1v) is 8.17. The number of rotatable bonds is 4. The van der Waals surface area contributed by atoms with Crippen LogP contribution in [0, 0.1) is 0 Å². The van der Waals surface area contributed by atoms with Crippen molar-refractivity contribution >= 4 is 46.2 Å². The van der Waals surface area contributed by atoms with E-state index in [2.05, 4.69) is 10.4 Å². The van der Waals surface area contributed by atoms with E-state index in [4.69, 9.17) is 17.0 Å². The fraction of sp³-hybridized carbons (Fsp3) is 0.0625. The first-order valence-electron chi connectivity index (χ1n) is 6.95. The molecule has 1 aromatic carbocycles. The summed E-state index contributed by atoms with van der Waals surface area (Å²) in [6.45, 7) is 0. The molecular formula is C16H13N3O3S2. The molecular weight excluding hydrogens is 346 g/mol. The third kappa shape index (κ3) is 3.34. The van der Waals surface area contributed by atoms with Crippen molar-refractivity contribution in [3.8, 4) is 5.75 Å². The molecule has 2 aromatic rings. The maximum absolute atomic E-state index is 12.4. The Hall–Kier alpha value is -2.58. The molecule has 0 aliphatic carbocycles. The second kappa shape index (κ2) is 6.90. The zero-order valence-electron chi connectivity index (χ0n) is 12.6. The van der Waals surface area contributed by atoms with E-state index in [1.807, 2.05) is 12.1 Å². The van der Waals surface area contributed by atoms with Gasteiger partial charge in [-0.2, -0.15) is 5.01 Å². The Kier molecular flexibility index (Phi) is 4.68. The first-order chi connectivity index (χ1) is 11.6. The van der Waals surface area contributed by atoms with Crippen molar-refractivity contribution in [1.82, 2.24) is 15.4 Å². The number of nitrogens with zero attached hydrogens (tertiary/aromatic N) is 1. The lowest BCUT2D eigenvalue weighted by atomic mass is 10.2. The molecule has 0 atom stereocenters. The summed E-state index contributed by atoms with van der Waals surface area (Å²) in [4.78, 5) is 28.1. The van der Waals surface area contributed by atoms with Crippen LogP contribution in [0.2, 0.25) is 0 Å². The minimum Gasteiger partial charge on any atom is -0.497 e. The van der Waals surface area contributed by atoms with Gasteiger partial charge in [-0.25, -0.2) is 0 Å². The van der Waals surface area contributed by atoms with E-state index in [-0.39, 0.29) is 10.2 Å². The lowest BCUT2D eigenvalue weighted by Gasteiger charge is -2.15.